The molecule has 0 aliphatic rings. The van der Waals surface area contributed by atoms with Crippen molar-refractivity contribution in [3.63, 3.8) is 0 Å². The van der Waals surface area contributed by atoms with E-state index in [-0.39, 0.29) is 0 Å². The summed E-state index contributed by atoms with van der Waals surface area (Å²) in [6, 6.07) is 8.07. The number of aromatic nitrogens is 2. The number of ether oxygens (including phenoxy) is 1. The van der Waals surface area contributed by atoms with Gasteiger partial charge in [0.05, 0.1) is 5.69 Å². The standard InChI is InChI=1S/C15H20BrN3O/c1-3-20-9-5-8-19-11-12(2)17-15(19)18-14-7-4-6-13(16)10-14/h4,6-7,10-11H,3,5,8-9H2,1-2H3,(H,17,18). The number of benzene rings is 1. The van der Waals surface area contributed by atoms with Gasteiger partial charge in [-0.25, -0.2) is 4.98 Å². The first-order valence-corrected chi connectivity index (χ1v) is 7.62. The Balaban J connectivity index is 2.03. The maximum Gasteiger partial charge on any atom is 0.207 e. The van der Waals surface area contributed by atoms with Crippen LogP contribution in [0.15, 0.2) is 34.9 Å². The van der Waals surface area contributed by atoms with Gasteiger partial charge in [0.25, 0.3) is 0 Å². The number of hydrogen-bond donors (Lipinski definition) is 1. The fourth-order valence-electron chi connectivity index (χ4n) is 1.99. The summed E-state index contributed by atoms with van der Waals surface area (Å²) < 4.78 is 8.56. The average Bonchev–Trinajstić information content (AvgIpc) is 2.75. The summed E-state index contributed by atoms with van der Waals surface area (Å²) in [7, 11) is 0. The largest absolute Gasteiger partial charge is 0.382 e. The summed E-state index contributed by atoms with van der Waals surface area (Å²) in [5, 5.41) is 3.36. The van der Waals surface area contributed by atoms with Crippen LogP contribution >= 0.6 is 15.9 Å². The average molecular weight is 338 g/mol. The minimum absolute atomic E-state index is 0.770. The van der Waals surface area contributed by atoms with Gasteiger partial charge in [0, 0.05) is 36.1 Å². The lowest BCUT2D eigenvalue weighted by atomic mass is 10.3. The summed E-state index contributed by atoms with van der Waals surface area (Å²) in [4.78, 5) is 4.53. The van der Waals surface area contributed by atoms with Gasteiger partial charge < -0.3 is 14.6 Å². The maximum atomic E-state index is 5.38. The van der Waals surface area contributed by atoms with E-state index in [2.05, 4.69) is 37.0 Å². The quantitative estimate of drug-likeness (QED) is 0.772. The van der Waals surface area contributed by atoms with Crippen LogP contribution in [0.3, 0.4) is 0 Å². The minimum Gasteiger partial charge on any atom is -0.382 e. The normalized spacial score (nSPS) is 10.8. The smallest absolute Gasteiger partial charge is 0.207 e. The van der Waals surface area contributed by atoms with Crippen molar-refractivity contribution in [2.24, 2.45) is 0 Å². The zero-order valence-electron chi connectivity index (χ0n) is 11.9. The van der Waals surface area contributed by atoms with Gasteiger partial charge in [0.1, 0.15) is 0 Å². The predicted octanol–water partition coefficient (Wildman–Crippen LogP) is 4.12. The van der Waals surface area contributed by atoms with E-state index < -0.39 is 0 Å². The monoisotopic (exact) mass is 337 g/mol. The lowest BCUT2D eigenvalue weighted by Gasteiger charge is -2.10. The summed E-state index contributed by atoms with van der Waals surface area (Å²) in [5.74, 6) is 0.872. The van der Waals surface area contributed by atoms with E-state index in [9.17, 15) is 0 Å². The van der Waals surface area contributed by atoms with E-state index in [1.54, 1.807) is 0 Å². The van der Waals surface area contributed by atoms with Gasteiger partial charge in [-0.1, -0.05) is 22.0 Å². The fourth-order valence-corrected chi connectivity index (χ4v) is 2.39. The van der Waals surface area contributed by atoms with Crippen LogP contribution in [0.5, 0.6) is 0 Å². The second-order valence-corrected chi connectivity index (χ2v) is 5.50. The van der Waals surface area contributed by atoms with Crippen molar-refractivity contribution in [3.8, 4) is 0 Å². The molecule has 1 aromatic carbocycles. The van der Waals surface area contributed by atoms with Crippen molar-refractivity contribution in [1.29, 1.82) is 0 Å². The highest BCUT2D eigenvalue weighted by molar-refractivity contribution is 9.10. The number of nitrogens with one attached hydrogen (secondary N) is 1. The molecule has 2 rings (SSSR count). The van der Waals surface area contributed by atoms with E-state index in [4.69, 9.17) is 4.74 Å². The molecule has 4 nitrogen and oxygen atoms in total. The molecule has 5 heteroatoms. The van der Waals surface area contributed by atoms with Crippen LogP contribution in [-0.2, 0) is 11.3 Å². The topological polar surface area (TPSA) is 39.1 Å². The summed E-state index contributed by atoms with van der Waals surface area (Å²) in [5.41, 5.74) is 2.04. The Labute approximate surface area is 128 Å². The Kier molecular flexibility index (Phi) is 5.61. The van der Waals surface area contributed by atoms with Crippen LogP contribution in [0.4, 0.5) is 11.6 Å². The van der Waals surface area contributed by atoms with Crippen LogP contribution in [-0.4, -0.2) is 22.8 Å². The molecule has 1 aromatic heterocycles. The molecule has 0 radical (unpaired) electrons. The van der Waals surface area contributed by atoms with Gasteiger partial charge in [0.2, 0.25) is 5.95 Å². The van der Waals surface area contributed by atoms with Crippen molar-refractivity contribution >= 4 is 27.6 Å². The third-order valence-electron chi connectivity index (χ3n) is 2.87. The van der Waals surface area contributed by atoms with Crippen LogP contribution in [0.1, 0.15) is 19.0 Å². The highest BCUT2D eigenvalue weighted by Gasteiger charge is 2.06. The zero-order chi connectivity index (χ0) is 14.4. The molecule has 0 aliphatic heterocycles. The third kappa shape index (κ3) is 4.35. The number of nitrogens with zero attached hydrogens (tertiary/aromatic N) is 2. The van der Waals surface area contributed by atoms with Gasteiger partial charge in [0.15, 0.2) is 0 Å². The SMILES string of the molecule is CCOCCCn1cc(C)nc1Nc1cccc(Br)c1. The van der Waals surface area contributed by atoms with Gasteiger partial charge in [-0.3, -0.25) is 0 Å². The lowest BCUT2D eigenvalue weighted by molar-refractivity contribution is 0.142. The van der Waals surface area contributed by atoms with Crippen molar-refractivity contribution in [3.05, 3.63) is 40.6 Å². The maximum absolute atomic E-state index is 5.38. The first-order valence-electron chi connectivity index (χ1n) is 6.83. The van der Waals surface area contributed by atoms with Crippen LogP contribution in [0.25, 0.3) is 0 Å². The predicted molar refractivity (Wildman–Crippen MR) is 85.5 cm³/mol. The number of rotatable bonds is 7. The molecule has 2 aromatic rings. The molecule has 0 bridgehead atoms. The van der Waals surface area contributed by atoms with Gasteiger partial charge >= 0.3 is 0 Å². The molecular weight excluding hydrogens is 318 g/mol. The Morgan fingerprint density at radius 2 is 2.25 bits per heavy atom. The molecule has 0 saturated carbocycles. The number of hydrogen-bond acceptors (Lipinski definition) is 3. The molecule has 0 amide bonds. The van der Waals surface area contributed by atoms with Crippen molar-refractivity contribution in [2.75, 3.05) is 18.5 Å². The molecule has 1 heterocycles. The summed E-state index contributed by atoms with van der Waals surface area (Å²) in [6.07, 6.45) is 3.04. The van der Waals surface area contributed by atoms with Gasteiger partial charge in [-0.05, 0) is 38.5 Å². The van der Waals surface area contributed by atoms with E-state index in [1.807, 2.05) is 38.1 Å². The number of anilines is 2. The first-order chi connectivity index (χ1) is 9.69. The highest BCUT2D eigenvalue weighted by Crippen LogP contribution is 2.20. The van der Waals surface area contributed by atoms with Crippen LogP contribution < -0.4 is 5.32 Å². The second-order valence-electron chi connectivity index (χ2n) is 4.59. The van der Waals surface area contributed by atoms with Gasteiger partial charge in [-0.2, -0.15) is 0 Å². The molecule has 1 N–H and O–H groups in total. The molecule has 0 unspecified atom stereocenters. The van der Waals surface area contributed by atoms with Gasteiger partial charge in [-0.15, -0.1) is 0 Å². The molecule has 108 valence electrons. The molecule has 0 spiro atoms. The summed E-state index contributed by atoms with van der Waals surface area (Å²) in [6.45, 7) is 6.47. The Hall–Kier alpha value is -1.33. The van der Waals surface area contributed by atoms with Crippen LogP contribution in [0, 0.1) is 6.92 Å². The highest BCUT2D eigenvalue weighted by atomic mass is 79.9. The minimum atomic E-state index is 0.770. The first kappa shape index (κ1) is 15.1. The van der Waals surface area contributed by atoms with E-state index in [0.29, 0.717) is 0 Å². The van der Waals surface area contributed by atoms with Crippen LogP contribution in [0.2, 0.25) is 0 Å². The number of halogens is 1. The Morgan fingerprint density at radius 3 is 3.00 bits per heavy atom. The molecule has 0 fully saturated rings. The number of imidazole rings is 1. The molecule has 0 atom stereocenters. The van der Waals surface area contributed by atoms with Crippen molar-refractivity contribution < 1.29 is 4.74 Å². The Bertz CT molecular complexity index is 554. The van der Waals surface area contributed by atoms with E-state index >= 15 is 0 Å². The lowest BCUT2D eigenvalue weighted by Crippen LogP contribution is -2.05. The third-order valence-corrected chi connectivity index (χ3v) is 3.36. The Morgan fingerprint density at radius 1 is 1.40 bits per heavy atom. The van der Waals surface area contributed by atoms with E-state index in [0.717, 1.165) is 48.0 Å². The van der Waals surface area contributed by atoms with Crippen molar-refractivity contribution in [2.45, 2.75) is 26.8 Å². The molecule has 20 heavy (non-hydrogen) atoms. The zero-order valence-corrected chi connectivity index (χ0v) is 13.5. The molecule has 0 aliphatic carbocycles. The summed E-state index contributed by atoms with van der Waals surface area (Å²) >= 11 is 3.47. The molecule has 0 saturated heterocycles. The van der Waals surface area contributed by atoms with Crippen molar-refractivity contribution in [1.82, 2.24) is 9.55 Å². The van der Waals surface area contributed by atoms with E-state index in [1.165, 1.54) is 0 Å². The number of aryl methyl sites for hydroxylation is 2. The fraction of sp³-hybridized carbons (Fsp3) is 0.400. The second kappa shape index (κ2) is 7.45. The molecular formula is C15H20BrN3O.